The van der Waals surface area contributed by atoms with Crippen molar-refractivity contribution in [3.05, 3.63) is 60.0 Å². The van der Waals surface area contributed by atoms with Crippen LogP contribution in [0.5, 0.6) is 17.4 Å². The van der Waals surface area contributed by atoms with E-state index in [1.165, 1.54) is 18.0 Å². The summed E-state index contributed by atoms with van der Waals surface area (Å²) in [6.07, 6.45) is 4.21. The van der Waals surface area contributed by atoms with Gasteiger partial charge in [0.2, 0.25) is 11.8 Å². The van der Waals surface area contributed by atoms with E-state index in [9.17, 15) is 9.59 Å². The van der Waals surface area contributed by atoms with Crippen molar-refractivity contribution in [2.24, 2.45) is 5.92 Å². The second kappa shape index (κ2) is 11.7. The van der Waals surface area contributed by atoms with Crippen molar-refractivity contribution in [1.29, 1.82) is 0 Å². The molecule has 12 heteroatoms. The normalized spacial score (nSPS) is 19.1. The van der Waals surface area contributed by atoms with Crippen LogP contribution in [0.2, 0.25) is 5.02 Å². The predicted octanol–water partition coefficient (Wildman–Crippen LogP) is 2.65. The summed E-state index contributed by atoms with van der Waals surface area (Å²) < 4.78 is 23.9. The SMILES string of the molecule is COc1cc(O[C@@H]2CO[C@@H](C(=O)Nc3cnn(CC(=O)N4CC(COc5ccc(Cl)cc5)C4)c3)C2)ccn1. The monoisotopic (exact) mass is 541 g/mol. The van der Waals surface area contributed by atoms with Crippen LogP contribution in [0, 0.1) is 5.92 Å². The van der Waals surface area contributed by atoms with Crippen LogP contribution < -0.4 is 19.5 Å². The summed E-state index contributed by atoms with van der Waals surface area (Å²) in [6, 6.07) is 10.6. The predicted molar refractivity (Wildman–Crippen MR) is 137 cm³/mol. The third-order valence-electron chi connectivity index (χ3n) is 6.28. The zero-order valence-electron chi connectivity index (χ0n) is 20.8. The highest BCUT2D eigenvalue weighted by molar-refractivity contribution is 6.30. The highest BCUT2D eigenvalue weighted by Gasteiger charge is 2.33. The van der Waals surface area contributed by atoms with Crippen LogP contribution in [0.1, 0.15) is 6.42 Å². The van der Waals surface area contributed by atoms with Gasteiger partial charge in [0.15, 0.2) is 0 Å². The Bertz CT molecular complexity index is 1260. The standard InChI is InChI=1S/C26H28ClN5O6/c1-35-24-9-21(6-7-28-24)38-22-8-23(37-16-22)26(34)30-19-10-29-32(13-19)14-25(33)31-11-17(12-31)15-36-20-4-2-18(27)3-5-20/h2-7,9-10,13,17,22-23H,8,11-12,14-16H2,1H3,(H,30,34)/t22-,23+/m0/s1. The second-order valence-corrected chi connectivity index (χ2v) is 9.61. The third-order valence-corrected chi connectivity index (χ3v) is 6.53. The zero-order valence-corrected chi connectivity index (χ0v) is 21.5. The minimum atomic E-state index is -0.651. The first kappa shape index (κ1) is 25.8. The highest BCUT2D eigenvalue weighted by atomic mass is 35.5. The first-order valence-electron chi connectivity index (χ1n) is 12.2. The number of aromatic nitrogens is 3. The molecule has 3 aromatic rings. The number of ether oxygens (including phenoxy) is 4. The lowest BCUT2D eigenvalue weighted by Crippen LogP contribution is -2.53. The number of carbonyl (C=O) groups is 2. The molecule has 2 amide bonds. The summed E-state index contributed by atoms with van der Waals surface area (Å²) in [7, 11) is 1.53. The lowest BCUT2D eigenvalue weighted by Gasteiger charge is -2.39. The molecule has 1 aromatic carbocycles. The molecule has 200 valence electrons. The summed E-state index contributed by atoms with van der Waals surface area (Å²) >= 11 is 5.88. The first-order valence-corrected chi connectivity index (χ1v) is 12.6. The van der Waals surface area contributed by atoms with Crippen LogP contribution in [0.3, 0.4) is 0 Å². The van der Waals surface area contributed by atoms with Crippen LogP contribution in [0.15, 0.2) is 55.0 Å². The van der Waals surface area contributed by atoms with Crippen molar-refractivity contribution < 1.29 is 28.5 Å². The maximum atomic E-state index is 12.7. The number of pyridine rings is 1. The Balaban J connectivity index is 1.02. The fraction of sp³-hybridized carbons (Fsp3) is 0.385. The minimum Gasteiger partial charge on any atom is -0.493 e. The van der Waals surface area contributed by atoms with Crippen LogP contribution >= 0.6 is 11.6 Å². The molecule has 0 saturated carbocycles. The van der Waals surface area contributed by atoms with E-state index in [-0.39, 0.29) is 37.0 Å². The fourth-order valence-corrected chi connectivity index (χ4v) is 4.36. The smallest absolute Gasteiger partial charge is 0.253 e. The van der Waals surface area contributed by atoms with Gasteiger partial charge in [-0.15, -0.1) is 0 Å². The van der Waals surface area contributed by atoms with Crippen LogP contribution in [0.4, 0.5) is 5.69 Å². The molecule has 0 aliphatic carbocycles. The van der Waals surface area contributed by atoms with Gasteiger partial charge in [0.25, 0.3) is 5.91 Å². The number of amides is 2. The van der Waals surface area contributed by atoms with E-state index < -0.39 is 6.10 Å². The Morgan fingerprint density at radius 3 is 2.79 bits per heavy atom. The summed E-state index contributed by atoms with van der Waals surface area (Å²) in [6.45, 7) is 2.18. The summed E-state index contributed by atoms with van der Waals surface area (Å²) in [5.41, 5.74) is 0.493. The molecule has 2 aromatic heterocycles. The molecule has 2 atom stereocenters. The zero-order chi connectivity index (χ0) is 26.5. The van der Waals surface area contributed by atoms with E-state index in [0.29, 0.717) is 48.5 Å². The number of hydrogen-bond donors (Lipinski definition) is 1. The molecule has 4 heterocycles. The van der Waals surface area contributed by atoms with Gasteiger partial charge in [-0.1, -0.05) is 11.6 Å². The molecule has 2 saturated heterocycles. The minimum absolute atomic E-state index is 0.0411. The van der Waals surface area contributed by atoms with Gasteiger partial charge in [0, 0.05) is 48.9 Å². The largest absolute Gasteiger partial charge is 0.493 e. The molecular formula is C26H28ClN5O6. The van der Waals surface area contributed by atoms with E-state index in [0.717, 1.165) is 5.75 Å². The van der Waals surface area contributed by atoms with E-state index >= 15 is 0 Å². The lowest BCUT2D eigenvalue weighted by molar-refractivity contribution is -0.139. The molecule has 2 fully saturated rings. The van der Waals surface area contributed by atoms with Gasteiger partial charge in [-0.2, -0.15) is 5.10 Å². The molecule has 1 N–H and O–H groups in total. The average Bonchev–Trinajstić information content (AvgIpc) is 3.54. The van der Waals surface area contributed by atoms with Crippen molar-refractivity contribution in [3.8, 4) is 17.4 Å². The average molecular weight is 542 g/mol. The molecule has 2 aliphatic heterocycles. The molecule has 5 rings (SSSR count). The highest BCUT2D eigenvalue weighted by Crippen LogP contribution is 2.24. The third kappa shape index (κ3) is 6.53. The summed E-state index contributed by atoms with van der Waals surface area (Å²) in [5.74, 6) is 1.75. The van der Waals surface area contributed by atoms with Crippen molar-refractivity contribution in [3.63, 3.8) is 0 Å². The number of hydrogen-bond acceptors (Lipinski definition) is 8. The number of carbonyl (C=O) groups excluding carboxylic acids is 2. The van der Waals surface area contributed by atoms with Crippen molar-refractivity contribution in [1.82, 2.24) is 19.7 Å². The summed E-state index contributed by atoms with van der Waals surface area (Å²) in [5, 5.41) is 7.66. The maximum Gasteiger partial charge on any atom is 0.253 e. The number of nitrogens with zero attached hydrogens (tertiary/aromatic N) is 4. The number of halogens is 1. The molecule has 38 heavy (non-hydrogen) atoms. The van der Waals surface area contributed by atoms with E-state index in [2.05, 4.69) is 15.4 Å². The second-order valence-electron chi connectivity index (χ2n) is 9.18. The molecular weight excluding hydrogens is 514 g/mol. The number of nitrogens with one attached hydrogen (secondary N) is 1. The van der Waals surface area contributed by atoms with Gasteiger partial charge in [0.05, 0.1) is 32.2 Å². The molecule has 0 unspecified atom stereocenters. The Kier molecular flexibility index (Phi) is 7.94. The number of benzene rings is 1. The quantitative estimate of drug-likeness (QED) is 0.416. The Morgan fingerprint density at radius 1 is 1.18 bits per heavy atom. The van der Waals surface area contributed by atoms with Crippen molar-refractivity contribution in [2.75, 3.05) is 38.7 Å². The van der Waals surface area contributed by atoms with Crippen molar-refractivity contribution in [2.45, 2.75) is 25.2 Å². The number of methoxy groups -OCH3 is 1. The Hall–Kier alpha value is -3.83. The van der Waals surface area contributed by atoms with E-state index in [1.54, 1.807) is 41.6 Å². The lowest BCUT2D eigenvalue weighted by atomic mass is 10.0. The van der Waals surface area contributed by atoms with Gasteiger partial charge in [-0.25, -0.2) is 4.98 Å². The van der Waals surface area contributed by atoms with Gasteiger partial charge >= 0.3 is 0 Å². The van der Waals surface area contributed by atoms with E-state index in [4.69, 9.17) is 30.5 Å². The molecule has 0 spiro atoms. The van der Waals surface area contributed by atoms with Crippen LogP contribution in [-0.4, -0.2) is 77.1 Å². The molecule has 2 aliphatic rings. The number of likely N-dealkylation sites (tertiary alicyclic amines) is 1. The van der Waals surface area contributed by atoms with E-state index in [1.807, 2.05) is 12.1 Å². The van der Waals surface area contributed by atoms with Crippen LogP contribution in [0.25, 0.3) is 0 Å². The Labute approximate surface area is 224 Å². The number of anilines is 1. The first-order chi connectivity index (χ1) is 18.4. The van der Waals surface area contributed by atoms with Gasteiger partial charge in [0.1, 0.15) is 30.3 Å². The summed E-state index contributed by atoms with van der Waals surface area (Å²) in [4.78, 5) is 31.1. The van der Waals surface area contributed by atoms with Crippen molar-refractivity contribution >= 4 is 29.1 Å². The molecule has 0 radical (unpaired) electrons. The fourth-order valence-electron chi connectivity index (χ4n) is 4.23. The van der Waals surface area contributed by atoms with Gasteiger partial charge in [-0.3, -0.25) is 14.3 Å². The maximum absolute atomic E-state index is 12.7. The molecule has 11 nitrogen and oxygen atoms in total. The number of rotatable bonds is 10. The van der Waals surface area contributed by atoms with Gasteiger partial charge < -0.3 is 29.2 Å². The topological polar surface area (TPSA) is 117 Å². The molecule has 0 bridgehead atoms. The Morgan fingerprint density at radius 2 is 2.00 bits per heavy atom. The van der Waals surface area contributed by atoms with Gasteiger partial charge in [-0.05, 0) is 30.3 Å². The van der Waals surface area contributed by atoms with Crippen LogP contribution in [-0.2, 0) is 20.9 Å².